The van der Waals surface area contributed by atoms with Crippen LogP contribution in [0.5, 0.6) is 0 Å². The first kappa shape index (κ1) is 15.1. The Kier molecular flexibility index (Phi) is 5.26. The quantitative estimate of drug-likeness (QED) is 0.838. The Morgan fingerprint density at radius 2 is 2.20 bits per heavy atom. The average Bonchev–Trinajstić information content (AvgIpc) is 2.40. The van der Waals surface area contributed by atoms with Gasteiger partial charge in [-0.3, -0.25) is 4.90 Å². The molecule has 1 aromatic rings. The van der Waals surface area contributed by atoms with Gasteiger partial charge in [-0.1, -0.05) is 12.2 Å². The summed E-state index contributed by atoms with van der Waals surface area (Å²) in [6.07, 6.45) is 4.23. The topological polar surface area (TPSA) is 41.0 Å². The molecule has 2 rings (SSSR count). The molecule has 1 fully saturated rings. The second-order valence-corrected chi connectivity index (χ2v) is 5.92. The highest BCUT2D eigenvalue weighted by Gasteiger charge is 2.21. The summed E-state index contributed by atoms with van der Waals surface area (Å²) >= 11 is 0. The highest BCUT2D eigenvalue weighted by molar-refractivity contribution is 5.06. The molecule has 4 nitrogen and oxygen atoms in total. The molecule has 1 saturated heterocycles. The molecule has 0 aromatic carbocycles. The lowest BCUT2D eigenvalue weighted by Crippen LogP contribution is -2.43. The van der Waals surface area contributed by atoms with E-state index in [1.807, 2.05) is 19.2 Å². The van der Waals surface area contributed by atoms with Crippen LogP contribution in [-0.4, -0.2) is 40.5 Å². The molecular weight excluding hydrogens is 248 g/mol. The smallest absolute Gasteiger partial charge is 0.125 e. The van der Waals surface area contributed by atoms with Crippen molar-refractivity contribution in [2.45, 2.75) is 45.7 Å². The molecule has 0 bridgehead atoms. The van der Waals surface area contributed by atoms with Crippen molar-refractivity contribution in [3.05, 3.63) is 35.9 Å². The van der Waals surface area contributed by atoms with Crippen LogP contribution in [0.25, 0.3) is 0 Å². The van der Waals surface area contributed by atoms with Gasteiger partial charge in [0.05, 0.1) is 5.69 Å². The number of nitrogens with one attached hydrogen (secondary N) is 1. The Morgan fingerprint density at radius 1 is 1.50 bits per heavy atom. The first-order valence-corrected chi connectivity index (χ1v) is 7.47. The molecule has 20 heavy (non-hydrogen) atoms. The molecular formula is C16H26N4. The van der Waals surface area contributed by atoms with E-state index >= 15 is 0 Å². The maximum Gasteiger partial charge on any atom is 0.125 e. The van der Waals surface area contributed by atoms with Crippen LogP contribution in [-0.2, 0) is 0 Å². The lowest BCUT2D eigenvalue weighted by Gasteiger charge is -2.33. The predicted octanol–water partition coefficient (Wildman–Crippen LogP) is 2.48. The first-order chi connectivity index (χ1) is 9.54. The number of aromatic nitrogens is 2. The molecule has 0 saturated carbocycles. The summed E-state index contributed by atoms with van der Waals surface area (Å²) in [6.45, 7) is 13.6. The fourth-order valence-electron chi connectivity index (χ4n) is 2.79. The lowest BCUT2D eigenvalue weighted by atomic mass is 10.0. The summed E-state index contributed by atoms with van der Waals surface area (Å²) < 4.78 is 0. The number of piperidine rings is 1. The van der Waals surface area contributed by atoms with Crippen molar-refractivity contribution in [1.82, 2.24) is 20.2 Å². The largest absolute Gasteiger partial charge is 0.306 e. The Morgan fingerprint density at radius 3 is 2.80 bits per heavy atom. The zero-order chi connectivity index (χ0) is 14.5. The van der Waals surface area contributed by atoms with Crippen molar-refractivity contribution in [3.8, 4) is 0 Å². The van der Waals surface area contributed by atoms with Crippen LogP contribution in [0.1, 0.15) is 44.2 Å². The van der Waals surface area contributed by atoms with Crippen molar-refractivity contribution in [1.29, 1.82) is 0 Å². The summed E-state index contributed by atoms with van der Waals surface area (Å²) in [6, 6.07) is 2.87. The number of likely N-dealkylation sites (tertiary alicyclic amines) is 1. The van der Waals surface area contributed by atoms with Gasteiger partial charge in [-0.2, -0.15) is 0 Å². The standard InChI is InChI=1S/C16H26N4/c1-12(2)11-20-9-6-15(7-10-20)18-13(3)16-5-8-17-14(4)19-16/h5,8,13,15,18H,1,6-7,9-11H2,2-4H3/t13-/m1/s1. The lowest BCUT2D eigenvalue weighted by molar-refractivity contribution is 0.204. The minimum atomic E-state index is 0.286. The molecule has 110 valence electrons. The summed E-state index contributed by atoms with van der Waals surface area (Å²) in [5, 5.41) is 3.70. The van der Waals surface area contributed by atoms with Crippen LogP contribution in [0.4, 0.5) is 0 Å². The van der Waals surface area contributed by atoms with Gasteiger partial charge in [-0.05, 0) is 52.8 Å². The van der Waals surface area contributed by atoms with E-state index in [0.29, 0.717) is 6.04 Å². The second kappa shape index (κ2) is 6.95. The van der Waals surface area contributed by atoms with Crippen LogP contribution in [0.2, 0.25) is 0 Å². The average molecular weight is 274 g/mol. The van der Waals surface area contributed by atoms with Gasteiger partial charge in [0, 0.05) is 24.8 Å². The third-order valence-corrected chi connectivity index (χ3v) is 3.81. The van der Waals surface area contributed by atoms with E-state index in [2.05, 4.69) is 40.6 Å². The van der Waals surface area contributed by atoms with E-state index in [-0.39, 0.29) is 6.04 Å². The SMILES string of the molecule is C=C(C)CN1CCC(N[C@H](C)c2ccnc(C)n2)CC1. The molecule has 0 spiro atoms. The highest BCUT2D eigenvalue weighted by atomic mass is 15.1. The fourth-order valence-corrected chi connectivity index (χ4v) is 2.79. The van der Waals surface area contributed by atoms with Gasteiger partial charge >= 0.3 is 0 Å². The van der Waals surface area contributed by atoms with Gasteiger partial charge in [0.25, 0.3) is 0 Å². The van der Waals surface area contributed by atoms with E-state index in [0.717, 1.165) is 31.2 Å². The fraction of sp³-hybridized carbons (Fsp3) is 0.625. The van der Waals surface area contributed by atoms with Crippen molar-refractivity contribution < 1.29 is 0 Å². The molecule has 1 N–H and O–H groups in total. The highest BCUT2D eigenvalue weighted by Crippen LogP contribution is 2.16. The van der Waals surface area contributed by atoms with Crippen molar-refractivity contribution in [2.24, 2.45) is 0 Å². The predicted molar refractivity (Wildman–Crippen MR) is 82.6 cm³/mol. The van der Waals surface area contributed by atoms with Gasteiger partial charge < -0.3 is 5.32 Å². The van der Waals surface area contributed by atoms with Crippen LogP contribution in [0.15, 0.2) is 24.4 Å². The van der Waals surface area contributed by atoms with E-state index in [1.54, 1.807) is 0 Å². The summed E-state index contributed by atoms with van der Waals surface area (Å²) in [5.41, 5.74) is 2.34. The van der Waals surface area contributed by atoms with Crippen LogP contribution < -0.4 is 5.32 Å². The van der Waals surface area contributed by atoms with Gasteiger partial charge in [-0.15, -0.1) is 0 Å². The molecule has 0 radical (unpaired) electrons. The number of rotatable bonds is 5. The van der Waals surface area contributed by atoms with Crippen molar-refractivity contribution in [3.63, 3.8) is 0 Å². The maximum atomic E-state index is 4.50. The molecule has 0 amide bonds. The second-order valence-electron chi connectivity index (χ2n) is 5.92. The zero-order valence-corrected chi connectivity index (χ0v) is 12.9. The van der Waals surface area contributed by atoms with Crippen LogP contribution >= 0.6 is 0 Å². The molecule has 1 aromatic heterocycles. The molecule has 0 unspecified atom stereocenters. The summed E-state index contributed by atoms with van der Waals surface area (Å²) in [5.74, 6) is 0.840. The van der Waals surface area contributed by atoms with Gasteiger partial charge in [-0.25, -0.2) is 9.97 Å². The third kappa shape index (κ3) is 4.39. The Hall–Kier alpha value is -1.26. The van der Waals surface area contributed by atoms with E-state index in [9.17, 15) is 0 Å². The van der Waals surface area contributed by atoms with Gasteiger partial charge in [0.15, 0.2) is 0 Å². The van der Waals surface area contributed by atoms with Crippen LogP contribution in [0, 0.1) is 6.92 Å². The van der Waals surface area contributed by atoms with E-state index in [4.69, 9.17) is 0 Å². The summed E-state index contributed by atoms with van der Waals surface area (Å²) in [7, 11) is 0. The van der Waals surface area contributed by atoms with Gasteiger partial charge in [0.2, 0.25) is 0 Å². The van der Waals surface area contributed by atoms with Crippen LogP contribution in [0.3, 0.4) is 0 Å². The third-order valence-electron chi connectivity index (χ3n) is 3.81. The van der Waals surface area contributed by atoms with E-state index in [1.165, 1.54) is 18.4 Å². The zero-order valence-electron chi connectivity index (χ0n) is 12.9. The molecule has 0 aliphatic carbocycles. The van der Waals surface area contributed by atoms with Crippen molar-refractivity contribution in [2.75, 3.05) is 19.6 Å². The monoisotopic (exact) mass is 274 g/mol. The number of aryl methyl sites for hydroxylation is 1. The van der Waals surface area contributed by atoms with Gasteiger partial charge in [0.1, 0.15) is 5.82 Å². The normalized spacial score (nSPS) is 18.9. The Balaban J connectivity index is 1.82. The number of nitrogens with zero attached hydrogens (tertiary/aromatic N) is 3. The first-order valence-electron chi connectivity index (χ1n) is 7.47. The maximum absolute atomic E-state index is 4.50. The molecule has 4 heteroatoms. The number of hydrogen-bond acceptors (Lipinski definition) is 4. The molecule has 1 atom stereocenters. The minimum absolute atomic E-state index is 0.286. The molecule has 1 aliphatic rings. The Bertz CT molecular complexity index is 450. The van der Waals surface area contributed by atoms with Crippen molar-refractivity contribution >= 4 is 0 Å². The molecule has 1 aliphatic heterocycles. The molecule has 2 heterocycles. The Labute approximate surface area is 122 Å². The minimum Gasteiger partial charge on any atom is -0.306 e. The van der Waals surface area contributed by atoms with E-state index < -0.39 is 0 Å². The number of hydrogen-bond donors (Lipinski definition) is 1. The summed E-state index contributed by atoms with van der Waals surface area (Å²) in [4.78, 5) is 11.1.